The SMILES string of the molecule is CCC(C)NC(=O)C(Cc1ccccc1)N(Cc1ccccc1C)C(=O)CN(c1ccc(Br)cc1)S(=O)(=O)c1ccccc1. The minimum absolute atomic E-state index is 0.0662. The quantitative estimate of drug-likeness (QED) is 0.175. The second kappa shape index (κ2) is 15.2. The maximum absolute atomic E-state index is 14.5. The highest BCUT2D eigenvalue weighted by Crippen LogP contribution is 2.26. The van der Waals surface area contributed by atoms with Gasteiger partial charge in [-0.3, -0.25) is 13.9 Å². The molecule has 4 rings (SSSR count). The molecular weight excluding hydrogens is 638 g/mol. The van der Waals surface area contributed by atoms with E-state index in [1.54, 1.807) is 42.5 Å². The lowest BCUT2D eigenvalue weighted by Crippen LogP contribution is -2.54. The number of hydrogen-bond acceptors (Lipinski definition) is 4. The Morgan fingerprint density at radius 1 is 0.841 bits per heavy atom. The van der Waals surface area contributed by atoms with Gasteiger partial charge in [-0.15, -0.1) is 0 Å². The summed E-state index contributed by atoms with van der Waals surface area (Å²) in [6, 6.07) is 31.1. The van der Waals surface area contributed by atoms with Crippen LogP contribution in [0.2, 0.25) is 0 Å². The number of carbonyl (C=O) groups is 2. The average molecular weight is 677 g/mol. The third-order valence-corrected chi connectivity index (χ3v) is 9.92. The highest BCUT2D eigenvalue weighted by molar-refractivity contribution is 9.10. The maximum atomic E-state index is 14.5. The molecule has 0 aliphatic rings. The normalized spacial score (nSPS) is 12.6. The average Bonchev–Trinajstić information content (AvgIpc) is 3.03. The first kappa shape index (κ1) is 33.0. The Bertz CT molecular complexity index is 1650. The van der Waals surface area contributed by atoms with Gasteiger partial charge in [-0.05, 0) is 73.4 Å². The van der Waals surface area contributed by atoms with Gasteiger partial charge in [-0.1, -0.05) is 95.7 Å². The Kier molecular flexibility index (Phi) is 11.4. The van der Waals surface area contributed by atoms with Gasteiger partial charge in [0.15, 0.2) is 0 Å². The summed E-state index contributed by atoms with van der Waals surface area (Å²) in [7, 11) is -4.13. The van der Waals surface area contributed by atoms with Crippen LogP contribution in [-0.2, 0) is 32.6 Å². The molecule has 0 fully saturated rings. The molecule has 0 aromatic heterocycles. The van der Waals surface area contributed by atoms with Crippen LogP contribution in [0.1, 0.15) is 37.0 Å². The summed E-state index contributed by atoms with van der Waals surface area (Å²) < 4.78 is 30.0. The molecule has 0 bridgehead atoms. The van der Waals surface area contributed by atoms with Crippen molar-refractivity contribution < 1.29 is 18.0 Å². The van der Waals surface area contributed by atoms with E-state index in [0.29, 0.717) is 5.69 Å². The van der Waals surface area contributed by atoms with Crippen LogP contribution in [0.5, 0.6) is 0 Å². The van der Waals surface area contributed by atoms with Crippen molar-refractivity contribution in [1.29, 1.82) is 0 Å². The molecule has 2 amide bonds. The van der Waals surface area contributed by atoms with E-state index in [2.05, 4.69) is 21.2 Å². The van der Waals surface area contributed by atoms with Crippen LogP contribution < -0.4 is 9.62 Å². The molecule has 230 valence electrons. The molecule has 2 atom stereocenters. The van der Waals surface area contributed by atoms with Gasteiger partial charge < -0.3 is 10.2 Å². The number of halogens is 1. The number of amides is 2. The van der Waals surface area contributed by atoms with Crippen LogP contribution >= 0.6 is 15.9 Å². The maximum Gasteiger partial charge on any atom is 0.264 e. The van der Waals surface area contributed by atoms with Crippen LogP contribution in [0, 0.1) is 6.92 Å². The molecule has 1 N–H and O–H groups in total. The summed E-state index contributed by atoms with van der Waals surface area (Å²) in [5, 5.41) is 3.06. The van der Waals surface area contributed by atoms with Crippen molar-refractivity contribution in [1.82, 2.24) is 10.2 Å². The molecule has 0 aliphatic heterocycles. The topological polar surface area (TPSA) is 86.8 Å². The fourth-order valence-electron chi connectivity index (χ4n) is 4.82. The van der Waals surface area contributed by atoms with Gasteiger partial charge in [-0.25, -0.2) is 8.42 Å². The van der Waals surface area contributed by atoms with E-state index in [4.69, 9.17) is 0 Å². The standard InChI is InChI=1S/C35H38BrN3O4S/c1-4-27(3)37-35(41)33(23-28-14-7-5-8-15-28)38(24-29-16-12-11-13-26(29)2)34(40)25-39(31-21-19-30(36)20-22-31)44(42,43)32-17-9-6-10-18-32/h5-22,27,33H,4,23-25H2,1-3H3,(H,37,41). The molecule has 0 heterocycles. The molecular formula is C35H38BrN3O4S. The molecule has 9 heteroatoms. The molecule has 0 radical (unpaired) electrons. The lowest BCUT2D eigenvalue weighted by Gasteiger charge is -2.34. The van der Waals surface area contributed by atoms with E-state index in [9.17, 15) is 18.0 Å². The van der Waals surface area contributed by atoms with Gasteiger partial charge in [-0.2, -0.15) is 0 Å². The summed E-state index contributed by atoms with van der Waals surface area (Å²) in [6.45, 7) is 5.51. The van der Waals surface area contributed by atoms with E-state index in [1.165, 1.54) is 17.0 Å². The largest absolute Gasteiger partial charge is 0.352 e. The predicted molar refractivity (Wildman–Crippen MR) is 179 cm³/mol. The van der Waals surface area contributed by atoms with Crippen molar-refractivity contribution >= 4 is 43.5 Å². The molecule has 4 aromatic rings. The highest BCUT2D eigenvalue weighted by atomic mass is 79.9. The minimum Gasteiger partial charge on any atom is -0.352 e. The van der Waals surface area contributed by atoms with Crippen LogP contribution in [0.4, 0.5) is 5.69 Å². The van der Waals surface area contributed by atoms with Crippen molar-refractivity contribution in [3.8, 4) is 0 Å². The summed E-state index contributed by atoms with van der Waals surface area (Å²) >= 11 is 3.41. The highest BCUT2D eigenvalue weighted by Gasteiger charge is 2.35. The third-order valence-electron chi connectivity index (χ3n) is 7.60. The first-order valence-corrected chi connectivity index (χ1v) is 16.8. The lowest BCUT2D eigenvalue weighted by atomic mass is 10.0. The number of nitrogens with one attached hydrogen (secondary N) is 1. The first-order chi connectivity index (χ1) is 21.1. The predicted octanol–water partition coefficient (Wildman–Crippen LogP) is 6.51. The summed E-state index contributed by atoms with van der Waals surface area (Å²) in [4.78, 5) is 30.0. The second-order valence-electron chi connectivity index (χ2n) is 10.8. The Balaban J connectivity index is 1.80. The van der Waals surface area contributed by atoms with E-state index in [0.717, 1.165) is 31.9 Å². The number of benzene rings is 4. The Hall–Kier alpha value is -3.95. The second-order valence-corrected chi connectivity index (χ2v) is 13.6. The van der Waals surface area contributed by atoms with Crippen LogP contribution in [0.3, 0.4) is 0 Å². The van der Waals surface area contributed by atoms with Crippen molar-refractivity contribution in [2.24, 2.45) is 0 Å². The van der Waals surface area contributed by atoms with Crippen LogP contribution in [0.25, 0.3) is 0 Å². The van der Waals surface area contributed by atoms with Gasteiger partial charge in [0.25, 0.3) is 10.0 Å². The molecule has 0 saturated carbocycles. The molecule has 7 nitrogen and oxygen atoms in total. The van der Waals surface area contributed by atoms with Crippen LogP contribution in [0.15, 0.2) is 119 Å². The number of rotatable bonds is 13. The fraction of sp³-hybridized carbons (Fsp3) is 0.257. The number of sulfonamides is 1. The zero-order valence-corrected chi connectivity index (χ0v) is 27.6. The van der Waals surface area contributed by atoms with Crippen molar-refractivity contribution in [2.45, 2.75) is 57.1 Å². The van der Waals surface area contributed by atoms with Crippen molar-refractivity contribution in [3.05, 3.63) is 130 Å². The van der Waals surface area contributed by atoms with Gasteiger partial charge >= 0.3 is 0 Å². The Morgan fingerprint density at radius 2 is 1.43 bits per heavy atom. The van der Waals surface area contributed by atoms with Crippen LogP contribution in [-0.4, -0.2) is 43.8 Å². The first-order valence-electron chi connectivity index (χ1n) is 14.6. The molecule has 0 spiro atoms. The lowest BCUT2D eigenvalue weighted by molar-refractivity contribution is -0.140. The molecule has 2 unspecified atom stereocenters. The Labute approximate surface area is 269 Å². The zero-order chi connectivity index (χ0) is 31.7. The Morgan fingerprint density at radius 3 is 2.05 bits per heavy atom. The van der Waals surface area contributed by atoms with E-state index < -0.39 is 28.5 Å². The van der Waals surface area contributed by atoms with Gasteiger partial charge in [0, 0.05) is 23.5 Å². The summed E-state index contributed by atoms with van der Waals surface area (Å²) in [5.74, 6) is -0.776. The smallest absolute Gasteiger partial charge is 0.264 e. The zero-order valence-electron chi connectivity index (χ0n) is 25.2. The van der Waals surface area contributed by atoms with Crippen molar-refractivity contribution in [2.75, 3.05) is 10.8 Å². The number of aryl methyl sites for hydroxylation is 1. The molecule has 4 aromatic carbocycles. The monoisotopic (exact) mass is 675 g/mol. The van der Waals surface area contributed by atoms with Gasteiger partial charge in [0.05, 0.1) is 10.6 Å². The van der Waals surface area contributed by atoms with Crippen molar-refractivity contribution in [3.63, 3.8) is 0 Å². The fourth-order valence-corrected chi connectivity index (χ4v) is 6.52. The van der Waals surface area contributed by atoms with E-state index in [-0.39, 0.29) is 29.8 Å². The van der Waals surface area contributed by atoms with Gasteiger partial charge in [0.1, 0.15) is 12.6 Å². The number of carbonyl (C=O) groups excluding carboxylic acids is 2. The minimum atomic E-state index is -4.13. The molecule has 44 heavy (non-hydrogen) atoms. The van der Waals surface area contributed by atoms with E-state index in [1.807, 2.05) is 75.4 Å². The van der Waals surface area contributed by atoms with E-state index >= 15 is 0 Å². The van der Waals surface area contributed by atoms with Gasteiger partial charge in [0.2, 0.25) is 11.8 Å². The number of hydrogen-bond donors (Lipinski definition) is 1. The summed E-state index contributed by atoms with van der Waals surface area (Å²) in [6.07, 6.45) is 0.993. The third kappa shape index (κ3) is 8.36. The molecule has 0 aliphatic carbocycles. The number of nitrogens with zero attached hydrogens (tertiary/aromatic N) is 2. The molecule has 0 saturated heterocycles. The summed E-state index contributed by atoms with van der Waals surface area (Å²) in [5.41, 5.74) is 3.06. The number of anilines is 1.